The molecule has 0 aliphatic heterocycles. The molecule has 1 aromatic heterocycles. The Balaban J connectivity index is 1.98. The third-order valence-electron chi connectivity index (χ3n) is 4.22. The molecule has 0 saturated carbocycles. The number of hydrogen-bond acceptors (Lipinski definition) is 4. The molecular weight excluding hydrogens is 362 g/mol. The normalized spacial score (nSPS) is 10.8. The van der Waals surface area contributed by atoms with Gasteiger partial charge < -0.3 is 10.4 Å². The molecule has 3 aromatic carbocycles. The van der Waals surface area contributed by atoms with Crippen LogP contribution in [0.5, 0.6) is 0 Å². The summed E-state index contributed by atoms with van der Waals surface area (Å²) in [5.74, 6) is 0. The van der Waals surface area contributed by atoms with Gasteiger partial charge in [0.15, 0.2) is 0 Å². The minimum absolute atomic E-state index is 0.0549. The van der Waals surface area contributed by atoms with Gasteiger partial charge in [0.05, 0.1) is 22.8 Å². The van der Waals surface area contributed by atoms with Crippen LogP contribution in [0.2, 0.25) is 5.02 Å². The van der Waals surface area contributed by atoms with Crippen LogP contribution in [0.3, 0.4) is 0 Å². The molecule has 0 atom stereocenters. The molecule has 0 bridgehead atoms. The molecule has 0 aliphatic carbocycles. The number of aromatic nitrogens is 2. The smallest absolute Gasteiger partial charge is 0.0934 e. The van der Waals surface area contributed by atoms with E-state index < -0.39 is 0 Å². The Morgan fingerprint density at radius 2 is 1.48 bits per heavy atom. The fourth-order valence-electron chi connectivity index (χ4n) is 2.96. The lowest BCUT2D eigenvalue weighted by Gasteiger charge is -2.25. The topological polar surface area (TPSA) is 64.3 Å². The van der Waals surface area contributed by atoms with Crippen molar-refractivity contribution in [1.82, 2.24) is 9.78 Å². The highest BCUT2D eigenvalue weighted by atomic mass is 35.5. The average molecular weight is 377 g/mol. The summed E-state index contributed by atoms with van der Waals surface area (Å²) in [6, 6.07) is 26.0. The van der Waals surface area contributed by atoms with Crippen molar-refractivity contribution in [1.29, 1.82) is 0 Å². The molecule has 1 N–H and O–H groups in total. The summed E-state index contributed by atoms with van der Waals surface area (Å²) in [6.45, 7) is 0. The number of halogens is 1. The van der Waals surface area contributed by atoms with E-state index in [1.807, 2.05) is 66.7 Å². The highest BCUT2D eigenvalue weighted by Gasteiger charge is 2.16. The maximum Gasteiger partial charge on any atom is 0.0934 e. The van der Waals surface area contributed by atoms with Crippen LogP contribution in [0.4, 0.5) is 5.69 Å². The molecule has 27 heavy (non-hydrogen) atoms. The predicted molar refractivity (Wildman–Crippen MR) is 107 cm³/mol. The van der Waals surface area contributed by atoms with Crippen molar-refractivity contribution in [2.75, 3.05) is 5.23 Å². The summed E-state index contributed by atoms with van der Waals surface area (Å²) in [6.07, 6.45) is 0. The average Bonchev–Trinajstić information content (AvgIpc) is 3.14. The van der Waals surface area contributed by atoms with E-state index in [0.29, 0.717) is 10.7 Å². The monoisotopic (exact) mass is 376 g/mol. The van der Waals surface area contributed by atoms with Crippen molar-refractivity contribution in [3.63, 3.8) is 0 Å². The van der Waals surface area contributed by atoms with Crippen molar-refractivity contribution < 1.29 is 5.21 Å². The van der Waals surface area contributed by atoms with Crippen LogP contribution in [-0.4, -0.2) is 15.0 Å². The molecule has 0 spiro atoms. The van der Waals surface area contributed by atoms with Gasteiger partial charge in [-0.1, -0.05) is 72.3 Å². The van der Waals surface area contributed by atoms with Crippen LogP contribution in [0.15, 0.2) is 84.9 Å². The largest absolute Gasteiger partial charge is 0.733 e. The Kier molecular flexibility index (Phi) is 4.64. The Bertz CT molecular complexity index is 1060. The molecule has 0 unspecified atom stereocenters. The van der Waals surface area contributed by atoms with Crippen molar-refractivity contribution in [3.05, 3.63) is 95.2 Å². The van der Waals surface area contributed by atoms with Gasteiger partial charge >= 0.3 is 0 Å². The lowest BCUT2D eigenvalue weighted by Crippen LogP contribution is -2.12. The maximum absolute atomic E-state index is 11.7. The number of hydrogen-bond donors (Lipinski definition) is 1. The Morgan fingerprint density at radius 3 is 2.11 bits per heavy atom. The number of rotatable bonds is 4. The van der Waals surface area contributed by atoms with Gasteiger partial charge in [-0.25, -0.2) is 4.68 Å². The van der Waals surface area contributed by atoms with Crippen LogP contribution < -0.4 is 5.23 Å². The van der Waals surface area contributed by atoms with Gasteiger partial charge in [0.2, 0.25) is 0 Å². The van der Waals surface area contributed by atoms with Gasteiger partial charge in [-0.15, -0.1) is 0 Å². The first-order valence-corrected chi connectivity index (χ1v) is 8.68. The molecule has 4 aromatic rings. The lowest BCUT2D eigenvalue weighted by atomic mass is 10.1. The van der Waals surface area contributed by atoms with E-state index >= 15 is 0 Å². The second kappa shape index (κ2) is 7.25. The minimum atomic E-state index is -0.176. The van der Waals surface area contributed by atoms with Crippen molar-refractivity contribution >= 4 is 17.3 Å². The molecular formula is C21H15ClN3O2-. The van der Waals surface area contributed by atoms with E-state index in [9.17, 15) is 10.4 Å². The third kappa shape index (κ3) is 3.44. The molecule has 6 heteroatoms. The van der Waals surface area contributed by atoms with Crippen LogP contribution in [0, 0.1) is 5.21 Å². The van der Waals surface area contributed by atoms with Crippen LogP contribution >= 0.6 is 11.6 Å². The zero-order chi connectivity index (χ0) is 18.8. The lowest BCUT2D eigenvalue weighted by molar-refractivity contribution is 0.296. The molecule has 0 amide bonds. The first-order valence-electron chi connectivity index (χ1n) is 8.30. The van der Waals surface area contributed by atoms with E-state index in [1.165, 1.54) is 6.07 Å². The highest BCUT2D eigenvalue weighted by molar-refractivity contribution is 6.30. The summed E-state index contributed by atoms with van der Waals surface area (Å²) in [4.78, 5) is 0. The molecule has 0 radical (unpaired) electrons. The summed E-state index contributed by atoms with van der Waals surface area (Å²) >= 11 is 6.15. The van der Waals surface area contributed by atoms with Crippen LogP contribution in [0.25, 0.3) is 28.2 Å². The van der Waals surface area contributed by atoms with E-state index in [4.69, 9.17) is 16.7 Å². The third-order valence-corrected chi connectivity index (χ3v) is 4.46. The second-order valence-electron chi connectivity index (χ2n) is 5.96. The van der Waals surface area contributed by atoms with E-state index in [2.05, 4.69) is 0 Å². The van der Waals surface area contributed by atoms with Crippen LogP contribution in [-0.2, 0) is 0 Å². The van der Waals surface area contributed by atoms with Gasteiger partial charge in [-0.2, -0.15) is 5.10 Å². The highest BCUT2D eigenvalue weighted by Crippen LogP contribution is 2.33. The van der Waals surface area contributed by atoms with Gasteiger partial charge in [0.25, 0.3) is 0 Å². The zero-order valence-electron chi connectivity index (χ0n) is 14.2. The maximum atomic E-state index is 11.7. The van der Waals surface area contributed by atoms with E-state index in [0.717, 1.165) is 22.5 Å². The van der Waals surface area contributed by atoms with Crippen molar-refractivity contribution in [2.45, 2.75) is 0 Å². The SMILES string of the molecule is [O-]N(O)c1ccc(Cl)cc1-n1nc(-c2ccccc2)cc1-c1ccccc1. The standard InChI is InChI=1S/C21H15ClN3O2/c22-17-11-12-19(25(26)27)21(13-17)24-20(16-9-5-2-6-10-16)14-18(23-24)15-7-3-1-4-8-15/h1-14,26H/q-1. The van der Waals surface area contributed by atoms with Crippen molar-refractivity contribution in [2.24, 2.45) is 0 Å². The number of anilines is 1. The zero-order valence-corrected chi connectivity index (χ0v) is 14.9. The van der Waals surface area contributed by atoms with Gasteiger partial charge in [0, 0.05) is 16.1 Å². The molecule has 0 fully saturated rings. The predicted octanol–water partition coefficient (Wildman–Crippen LogP) is 5.55. The van der Waals surface area contributed by atoms with Crippen molar-refractivity contribution in [3.8, 4) is 28.2 Å². The first-order chi connectivity index (χ1) is 13.1. The number of nitrogens with zero attached hydrogens (tertiary/aromatic N) is 3. The molecule has 0 aliphatic rings. The molecule has 5 nitrogen and oxygen atoms in total. The van der Waals surface area contributed by atoms with Gasteiger partial charge in [-0.05, 0) is 24.3 Å². The first kappa shape index (κ1) is 17.3. The van der Waals surface area contributed by atoms with E-state index in [-0.39, 0.29) is 10.9 Å². The Hall–Kier alpha value is -3.12. The molecule has 4 rings (SSSR count). The Labute approximate surface area is 161 Å². The summed E-state index contributed by atoms with van der Waals surface area (Å²) < 4.78 is 1.62. The van der Waals surface area contributed by atoms with Gasteiger partial charge in [0.1, 0.15) is 0 Å². The molecule has 134 valence electrons. The summed E-state index contributed by atoms with van der Waals surface area (Å²) in [7, 11) is 0. The quantitative estimate of drug-likeness (QED) is 0.474. The molecule has 0 saturated heterocycles. The van der Waals surface area contributed by atoms with Crippen LogP contribution in [0.1, 0.15) is 0 Å². The molecule has 1 heterocycles. The van der Waals surface area contributed by atoms with E-state index in [1.54, 1.807) is 16.8 Å². The summed E-state index contributed by atoms with van der Waals surface area (Å²) in [5.41, 5.74) is 3.84. The van der Waals surface area contributed by atoms with Gasteiger partial charge in [-0.3, -0.25) is 5.21 Å². The fraction of sp³-hybridized carbons (Fsp3) is 0. The fourth-order valence-corrected chi connectivity index (χ4v) is 3.12. The summed E-state index contributed by atoms with van der Waals surface area (Å²) in [5, 5.41) is 26.2. The Morgan fingerprint density at radius 1 is 0.852 bits per heavy atom. The second-order valence-corrected chi connectivity index (χ2v) is 6.40. The number of benzene rings is 3. The minimum Gasteiger partial charge on any atom is -0.733 e.